The van der Waals surface area contributed by atoms with Gasteiger partial charge in [-0.05, 0) is 6.92 Å². The third kappa shape index (κ3) is 2.55. The molecule has 4 nitrogen and oxygen atoms in total. The minimum atomic E-state index is -0.256. The van der Waals surface area contributed by atoms with E-state index < -0.39 is 0 Å². The van der Waals surface area contributed by atoms with Crippen molar-refractivity contribution in [3.05, 3.63) is 0 Å². The van der Waals surface area contributed by atoms with Crippen LogP contribution in [0.5, 0.6) is 0 Å². The van der Waals surface area contributed by atoms with Crippen LogP contribution in [0.15, 0.2) is 5.28 Å². The van der Waals surface area contributed by atoms with Gasteiger partial charge in [-0.1, -0.05) is 4.70 Å². The molecule has 0 atom stereocenters. The molecule has 0 unspecified atom stereocenters. The van der Waals surface area contributed by atoms with Crippen LogP contribution in [-0.4, -0.2) is 28.2 Å². The van der Waals surface area contributed by atoms with Gasteiger partial charge in [0.05, 0.1) is 12.8 Å². The van der Waals surface area contributed by atoms with Crippen molar-refractivity contribution < 1.29 is 14.3 Å². The fourth-order valence-corrected chi connectivity index (χ4v) is 2.33. The Morgan fingerprint density at radius 2 is 1.73 bits per heavy atom. The third-order valence-corrected chi connectivity index (χ3v) is 2.67. The standard InChI is InChI=1S/C11H21N2O2/c1-6-15-12-13-10(2,3)7-9(14)8-11(13,4)5/h6-8H2,1-5H3/q+1. The molecule has 0 spiro atoms. The minimum absolute atomic E-state index is 0.256. The molecule has 0 amide bonds. The lowest BCUT2D eigenvalue weighted by Gasteiger charge is -2.33. The van der Waals surface area contributed by atoms with E-state index in [1.165, 1.54) is 0 Å². The maximum atomic E-state index is 11.6. The molecule has 0 aromatic rings. The van der Waals surface area contributed by atoms with Gasteiger partial charge in [0, 0.05) is 27.7 Å². The second-order valence-electron chi connectivity index (χ2n) is 5.33. The van der Waals surface area contributed by atoms with Crippen LogP contribution in [0.4, 0.5) is 0 Å². The zero-order chi connectivity index (χ0) is 11.7. The average molecular weight is 213 g/mol. The highest BCUT2D eigenvalue weighted by Gasteiger charge is 2.52. The molecule has 1 fully saturated rings. The molecule has 0 radical (unpaired) electrons. The molecule has 4 heteroatoms. The first-order valence-electron chi connectivity index (χ1n) is 5.44. The number of carbonyl (C=O) groups is 1. The van der Waals surface area contributed by atoms with E-state index in [1.807, 2.05) is 39.3 Å². The quantitative estimate of drug-likeness (QED) is 0.522. The summed E-state index contributed by atoms with van der Waals surface area (Å²) in [5.41, 5.74) is -0.512. The first kappa shape index (κ1) is 12.1. The predicted octanol–water partition coefficient (Wildman–Crippen LogP) is 2.32. The van der Waals surface area contributed by atoms with Crippen molar-refractivity contribution in [1.82, 2.24) is 0 Å². The Morgan fingerprint density at radius 3 is 2.13 bits per heavy atom. The van der Waals surface area contributed by atoms with Crippen LogP contribution in [0.1, 0.15) is 47.5 Å². The molecule has 0 aliphatic carbocycles. The van der Waals surface area contributed by atoms with E-state index in [-0.39, 0.29) is 11.1 Å². The highest BCUT2D eigenvalue weighted by Crippen LogP contribution is 2.32. The zero-order valence-electron chi connectivity index (χ0n) is 10.3. The summed E-state index contributed by atoms with van der Waals surface area (Å²) in [6.45, 7) is 10.5. The van der Waals surface area contributed by atoms with E-state index in [9.17, 15) is 4.79 Å². The van der Waals surface area contributed by atoms with Crippen LogP contribution in [0, 0.1) is 0 Å². The largest absolute Gasteiger partial charge is 0.348 e. The van der Waals surface area contributed by atoms with Crippen molar-refractivity contribution in [3.63, 3.8) is 0 Å². The van der Waals surface area contributed by atoms with Gasteiger partial charge in [0.25, 0.3) is 0 Å². The lowest BCUT2D eigenvalue weighted by molar-refractivity contribution is -0.737. The molecule has 15 heavy (non-hydrogen) atoms. The Morgan fingerprint density at radius 1 is 1.27 bits per heavy atom. The van der Waals surface area contributed by atoms with Gasteiger partial charge >= 0.3 is 0 Å². The molecule has 0 aromatic carbocycles. The van der Waals surface area contributed by atoms with Crippen LogP contribution in [0.2, 0.25) is 0 Å². The molecular weight excluding hydrogens is 192 g/mol. The summed E-state index contributed by atoms with van der Waals surface area (Å²) in [6, 6.07) is 0. The molecule has 1 aliphatic heterocycles. The Hall–Kier alpha value is -0.930. The fraction of sp³-hybridized carbons (Fsp3) is 0.909. The maximum absolute atomic E-state index is 11.6. The number of hydrogen-bond acceptors (Lipinski definition) is 3. The van der Waals surface area contributed by atoms with Crippen molar-refractivity contribution in [1.29, 1.82) is 0 Å². The van der Waals surface area contributed by atoms with Crippen molar-refractivity contribution >= 4 is 5.78 Å². The van der Waals surface area contributed by atoms with E-state index in [4.69, 9.17) is 4.84 Å². The summed E-state index contributed by atoms with van der Waals surface area (Å²) < 4.78 is 1.92. The average Bonchev–Trinajstić information content (AvgIpc) is 1.98. The van der Waals surface area contributed by atoms with Gasteiger partial charge in [-0.2, -0.15) is 0 Å². The van der Waals surface area contributed by atoms with Gasteiger partial charge in [-0.15, -0.1) is 0 Å². The summed E-state index contributed by atoms with van der Waals surface area (Å²) in [7, 11) is 0. The molecular formula is C11H21N2O2+. The summed E-state index contributed by atoms with van der Waals surface area (Å²) in [4.78, 5) is 16.7. The molecule has 1 rings (SSSR count). The Bertz CT molecular complexity index is 271. The van der Waals surface area contributed by atoms with Gasteiger partial charge in [-0.25, -0.2) is 0 Å². The molecule has 0 N–H and O–H groups in total. The van der Waals surface area contributed by atoms with Crippen LogP contribution in [-0.2, 0) is 9.63 Å². The molecule has 0 aromatic heterocycles. The highest BCUT2D eigenvalue weighted by molar-refractivity contribution is 5.80. The molecule has 1 heterocycles. The van der Waals surface area contributed by atoms with E-state index in [0.717, 1.165) is 0 Å². The van der Waals surface area contributed by atoms with E-state index in [0.29, 0.717) is 25.2 Å². The number of Topliss-reactive ketones (excluding diaryl/α,β-unsaturated/α-hetero) is 1. The second kappa shape index (κ2) is 3.91. The van der Waals surface area contributed by atoms with E-state index in [1.54, 1.807) is 0 Å². The summed E-state index contributed by atoms with van der Waals surface area (Å²) >= 11 is 0. The van der Waals surface area contributed by atoms with Crippen LogP contribution in [0.25, 0.3) is 0 Å². The number of rotatable bonds is 2. The third-order valence-electron chi connectivity index (χ3n) is 2.67. The molecule has 1 aliphatic rings. The van der Waals surface area contributed by atoms with E-state index in [2.05, 4.69) is 5.28 Å². The van der Waals surface area contributed by atoms with Gasteiger partial charge in [0.1, 0.15) is 12.4 Å². The van der Waals surface area contributed by atoms with Crippen molar-refractivity contribution in [2.75, 3.05) is 6.61 Å². The van der Waals surface area contributed by atoms with Crippen molar-refractivity contribution in [2.24, 2.45) is 5.28 Å². The van der Waals surface area contributed by atoms with Gasteiger partial charge in [0.2, 0.25) is 0 Å². The summed E-state index contributed by atoms with van der Waals surface area (Å²) in [5.74, 6) is 0.299. The Labute approximate surface area is 91.3 Å². The topological polar surface area (TPSA) is 41.7 Å². The van der Waals surface area contributed by atoms with Crippen molar-refractivity contribution in [2.45, 2.75) is 58.5 Å². The lowest BCUT2D eigenvalue weighted by Crippen LogP contribution is -2.54. The van der Waals surface area contributed by atoms with Gasteiger partial charge < -0.3 is 4.84 Å². The number of nitrogens with zero attached hydrogens (tertiary/aromatic N) is 2. The van der Waals surface area contributed by atoms with E-state index >= 15 is 0 Å². The fourth-order valence-electron chi connectivity index (χ4n) is 2.33. The molecule has 1 saturated heterocycles. The van der Waals surface area contributed by atoms with Crippen LogP contribution < -0.4 is 0 Å². The Balaban J connectivity index is 3.02. The molecule has 86 valence electrons. The molecule has 0 bridgehead atoms. The molecule has 0 saturated carbocycles. The number of piperidine rings is 1. The normalized spacial score (nSPS) is 23.8. The smallest absolute Gasteiger partial charge is 0.193 e. The predicted molar refractivity (Wildman–Crippen MR) is 56.7 cm³/mol. The maximum Gasteiger partial charge on any atom is 0.193 e. The first-order valence-corrected chi connectivity index (χ1v) is 5.44. The monoisotopic (exact) mass is 213 g/mol. The summed E-state index contributed by atoms with van der Waals surface area (Å²) in [5, 5.41) is 4.12. The highest BCUT2D eigenvalue weighted by atomic mass is 16.6. The zero-order valence-corrected chi connectivity index (χ0v) is 10.3. The lowest BCUT2D eigenvalue weighted by atomic mass is 9.81. The SMILES string of the molecule is CCON=[N+]1C(C)(C)CC(=O)CC1(C)C. The van der Waals surface area contributed by atoms with Gasteiger partial charge in [-0.3, -0.25) is 4.79 Å². The van der Waals surface area contributed by atoms with Crippen LogP contribution >= 0.6 is 0 Å². The second-order valence-corrected chi connectivity index (χ2v) is 5.33. The number of carbonyl (C=O) groups excluding carboxylic acids is 1. The van der Waals surface area contributed by atoms with Crippen LogP contribution in [0.3, 0.4) is 0 Å². The minimum Gasteiger partial charge on any atom is -0.348 e. The van der Waals surface area contributed by atoms with Gasteiger partial charge in [0.15, 0.2) is 16.4 Å². The Kier molecular flexibility index (Phi) is 3.16. The first-order chi connectivity index (χ1) is 6.79. The summed E-state index contributed by atoms with van der Waals surface area (Å²) in [6.07, 6.45) is 1.07. The van der Waals surface area contributed by atoms with Crippen molar-refractivity contribution in [3.8, 4) is 0 Å². The number of ketones is 1. The number of hydrogen-bond donors (Lipinski definition) is 0.